The van der Waals surface area contributed by atoms with Crippen LogP contribution in [0.2, 0.25) is 10.0 Å². The van der Waals surface area contributed by atoms with Gasteiger partial charge in [0.1, 0.15) is 0 Å². The lowest BCUT2D eigenvalue weighted by Crippen LogP contribution is -2.03. The Morgan fingerprint density at radius 3 is 2.24 bits per heavy atom. The fraction of sp³-hybridized carbons (Fsp3) is 0. The van der Waals surface area contributed by atoms with Crippen LogP contribution in [0.3, 0.4) is 0 Å². The first-order chi connectivity index (χ1) is 16.0. The minimum Gasteiger partial charge on any atom is -0.434 e. The van der Waals surface area contributed by atoms with E-state index >= 15 is 0 Å². The van der Waals surface area contributed by atoms with Crippen molar-refractivity contribution in [2.24, 2.45) is 0 Å². The molecule has 8 heteroatoms. The van der Waals surface area contributed by atoms with Gasteiger partial charge in [0.25, 0.3) is 0 Å². The number of fused-ring (bicyclic) bond motifs is 2. The van der Waals surface area contributed by atoms with E-state index in [1.807, 2.05) is 52.4 Å². The van der Waals surface area contributed by atoms with Crippen molar-refractivity contribution >= 4 is 63.4 Å². The summed E-state index contributed by atoms with van der Waals surface area (Å²) in [6.07, 6.45) is 1.57. The summed E-state index contributed by atoms with van der Waals surface area (Å²) in [5.74, 6) is -0.264. The molecular weight excluding hydrogens is 479 g/mol. The molecule has 5 aromatic rings. The summed E-state index contributed by atoms with van der Waals surface area (Å²) in [5, 5.41) is 2.42. The molecule has 0 atom stereocenters. The third-order valence-corrected chi connectivity index (χ3v) is 7.04. The third kappa shape index (κ3) is 3.18. The molecule has 3 heterocycles. The van der Waals surface area contributed by atoms with E-state index in [-0.39, 0.29) is 26.7 Å². The zero-order valence-electron chi connectivity index (χ0n) is 16.7. The maximum absolute atomic E-state index is 13.0. The van der Waals surface area contributed by atoms with Crippen LogP contribution in [0.25, 0.3) is 33.8 Å². The minimum absolute atomic E-state index is 0.0409. The number of carbonyl (C=O) groups excluding carboxylic acids is 2. The van der Waals surface area contributed by atoms with Crippen LogP contribution in [-0.2, 0) is 0 Å². The molecule has 0 amide bonds. The maximum Gasteiger partial charge on any atom is 0.239 e. The molecule has 0 saturated heterocycles. The number of para-hydroxylation sites is 1. The molecule has 1 aliphatic rings. The van der Waals surface area contributed by atoms with Crippen LogP contribution in [-0.4, -0.2) is 21.1 Å². The number of aromatic nitrogens is 2. The van der Waals surface area contributed by atoms with Gasteiger partial charge in [0, 0.05) is 22.9 Å². The smallest absolute Gasteiger partial charge is 0.239 e. The van der Waals surface area contributed by atoms with Crippen LogP contribution < -0.4 is 0 Å². The molecule has 0 radical (unpaired) electrons. The van der Waals surface area contributed by atoms with Gasteiger partial charge in [-0.2, -0.15) is 4.98 Å². The highest BCUT2D eigenvalue weighted by Crippen LogP contribution is 2.36. The number of nitrogens with zero attached hydrogens (tertiary/aromatic N) is 2. The molecule has 33 heavy (non-hydrogen) atoms. The van der Waals surface area contributed by atoms with E-state index in [9.17, 15) is 9.59 Å². The van der Waals surface area contributed by atoms with Crippen LogP contribution >= 0.6 is 34.5 Å². The molecule has 160 valence electrons. The summed E-state index contributed by atoms with van der Waals surface area (Å²) in [6.45, 7) is 0. The van der Waals surface area contributed by atoms with Gasteiger partial charge in [-0.3, -0.25) is 14.2 Å². The number of allylic oxidation sites excluding steroid dienone is 1. The number of benzene rings is 2. The first-order valence-electron chi connectivity index (χ1n) is 9.93. The van der Waals surface area contributed by atoms with Crippen molar-refractivity contribution < 1.29 is 14.0 Å². The molecule has 2 aromatic carbocycles. The highest BCUT2D eigenvalue weighted by Gasteiger charge is 2.34. The fourth-order valence-corrected chi connectivity index (χ4v) is 4.93. The molecule has 0 fully saturated rings. The summed E-state index contributed by atoms with van der Waals surface area (Å²) in [4.78, 5) is 31.7. The number of carbonyl (C=O) groups is 2. The highest BCUT2D eigenvalue weighted by molar-refractivity contribution is 7.13. The van der Waals surface area contributed by atoms with Crippen molar-refractivity contribution in [2.45, 2.75) is 0 Å². The topological polar surface area (TPSA) is 65.1 Å². The largest absolute Gasteiger partial charge is 0.434 e. The summed E-state index contributed by atoms with van der Waals surface area (Å²) in [6, 6.07) is 18.1. The maximum atomic E-state index is 13.0. The van der Waals surface area contributed by atoms with Crippen LogP contribution in [0.5, 0.6) is 0 Å². The van der Waals surface area contributed by atoms with Crippen LogP contribution in [0, 0.1) is 0 Å². The van der Waals surface area contributed by atoms with Gasteiger partial charge in [0.2, 0.25) is 5.89 Å². The summed E-state index contributed by atoms with van der Waals surface area (Å²) in [7, 11) is 0. The molecule has 5 nitrogen and oxygen atoms in total. The van der Waals surface area contributed by atoms with Crippen molar-refractivity contribution in [3.05, 3.63) is 98.5 Å². The average molecular weight is 491 g/mol. The molecule has 0 spiro atoms. The Morgan fingerprint density at radius 2 is 1.61 bits per heavy atom. The molecule has 1 aliphatic carbocycles. The molecular formula is C25H12Cl2N2O3S. The monoisotopic (exact) mass is 490 g/mol. The third-order valence-electron chi connectivity index (χ3n) is 5.46. The molecule has 0 bridgehead atoms. The molecule has 0 aliphatic heterocycles. The first-order valence-corrected chi connectivity index (χ1v) is 11.6. The Labute approximate surface area is 201 Å². The minimum atomic E-state index is -0.391. The molecule has 6 rings (SSSR count). The van der Waals surface area contributed by atoms with E-state index in [0.717, 1.165) is 10.6 Å². The van der Waals surface area contributed by atoms with E-state index in [1.165, 1.54) is 23.5 Å². The second kappa shape index (κ2) is 7.56. The lowest BCUT2D eigenvalue weighted by Gasteiger charge is -2.07. The van der Waals surface area contributed by atoms with Gasteiger partial charge in [0.05, 0.1) is 26.2 Å². The van der Waals surface area contributed by atoms with Crippen molar-refractivity contribution in [3.63, 3.8) is 0 Å². The lowest BCUT2D eigenvalue weighted by atomic mass is 10.1. The van der Waals surface area contributed by atoms with Gasteiger partial charge < -0.3 is 4.42 Å². The Kier molecular flexibility index (Phi) is 4.62. The van der Waals surface area contributed by atoms with Crippen molar-refractivity contribution in [1.82, 2.24) is 9.55 Å². The Balaban J connectivity index is 1.54. The average Bonchev–Trinajstić information content (AvgIpc) is 3.57. The van der Waals surface area contributed by atoms with Crippen molar-refractivity contribution in [3.8, 4) is 16.5 Å². The normalized spacial score (nSPS) is 13.2. The lowest BCUT2D eigenvalue weighted by molar-refractivity contribution is 0.0990. The summed E-state index contributed by atoms with van der Waals surface area (Å²) >= 11 is 13.7. The van der Waals surface area contributed by atoms with Gasteiger partial charge in [-0.15, -0.1) is 11.3 Å². The summed E-state index contributed by atoms with van der Waals surface area (Å²) in [5.41, 5.74) is 3.11. The van der Waals surface area contributed by atoms with E-state index in [4.69, 9.17) is 32.6 Å². The Hall–Kier alpha value is -3.45. The van der Waals surface area contributed by atoms with Gasteiger partial charge in [-0.05, 0) is 41.8 Å². The highest BCUT2D eigenvalue weighted by atomic mass is 35.5. The van der Waals surface area contributed by atoms with E-state index in [2.05, 4.69) is 0 Å². The standard InChI is InChI=1S/C25H12Cl2N2O3S/c26-18-11-15-16(12-19(18)27)23(31)17(22(15)30)9-14-10-20-24(29(14)13-5-2-1-3-6-13)28-25(32-20)21-7-4-8-33-21/h1-12H. The van der Waals surface area contributed by atoms with Gasteiger partial charge in [-0.25, -0.2) is 0 Å². The zero-order valence-corrected chi connectivity index (χ0v) is 19.0. The molecule has 0 saturated carbocycles. The number of halogens is 2. The van der Waals surface area contributed by atoms with E-state index < -0.39 is 11.6 Å². The Bertz CT molecular complexity index is 1570. The Morgan fingerprint density at radius 1 is 0.909 bits per heavy atom. The quantitative estimate of drug-likeness (QED) is 0.199. The van der Waals surface area contributed by atoms with E-state index in [1.54, 1.807) is 12.1 Å². The van der Waals surface area contributed by atoms with E-state index in [0.29, 0.717) is 22.8 Å². The number of rotatable bonds is 3. The predicted molar refractivity (Wildman–Crippen MR) is 130 cm³/mol. The van der Waals surface area contributed by atoms with Crippen LogP contribution in [0.1, 0.15) is 26.4 Å². The van der Waals surface area contributed by atoms with Crippen LogP contribution in [0.15, 0.2) is 76.0 Å². The van der Waals surface area contributed by atoms with Gasteiger partial charge in [-0.1, -0.05) is 47.5 Å². The van der Waals surface area contributed by atoms with Crippen molar-refractivity contribution in [2.75, 3.05) is 0 Å². The molecule has 0 unspecified atom stereocenters. The van der Waals surface area contributed by atoms with Gasteiger partial charge in [0.15, 0.2) is 22.8 Å². The number of hydrogen-bond acceptors (Lipinski definition) is 5. The number of Topliss-reactive ketones (excluding diaryl/α,β-unsaturated/α-hetero) is 2. The second-order valence-electron chi connectivity index (χ2n) is 7.45. The number of oxazole rings is 1. The molecule has 3 aromatic heterocycles. The number of ketones is 2. The van der Waals surface area contributed by atoms with Crippen molar-refractivity contribution in [1.29, 1.82) is 0 Å². The zero-order chi connectivity index (χ0) is 22.7. The van der Waals surface area contributed by atoms with Crippen LogP contribution in [0.4, 0.5) is 0 Å². The fourth-order valence-electron chi connectivity index (χ4n) is 3.95. The predicted octanol–water partition coefficient (Wildman–Crippen LogP) is 7.12. The molecule has 0 N–H and O–H groups in total. The number of hydrogen-bond donors (Lipinski definition) is 0. The number of thiophene rings is 1. The SMILES string of the molecule is O=C1C(=Cc2cc3oc(-c4cccs4)nc3n2-c2ccccc2)C(=O)c2cc(Cl)c(Cl)cc21. The summed E-state index contributed by atoms with van der Waals surface area (Å²) < 4.78 is 7.88. The first kappa shape index (κ1) is 20.2. The second-order valence-corrected chi connectivity index (χ2v) is 9.21. The van der Waals surface area contributed by atoms with Gasteiger partial charge >= 0.3 is 0 Å².